The van der Waals surface area contributed by atoms with Crippen LogP contribution in [0.15, 0.2) is 41.6 Å². The third-order valence-corrected chi connectivity index (χ3v) is 6.16. The number of hydrogen-bond donors (Lipinski definition) is 1. The summed E-state index contributed by atoms with van der Waals surface area (Å²) in [5, 5.41) is 4.33. The highest BCUT2D eigenvalue weighted by atomic mass is 16.1. The highest BCUT2D eigenvalue weighted by molar-refractivity contribution is 6.00. The minimum atomic E-state index is -0.0926. The fourth-order valence-corrected chi connectivity index (χ4v) is 4.20. The lowest BCUT2D eigenvalue weighted by Crippen LogP contribution is -2.27. The maximum atomic E-state index is 12.5. The number of carbonyl (C=O) groups excluding carboxylic acids is 1. The fourth-order valence-electron chi connectivity index (χ4n) is 4.20. The second kappa shape index (κ2) is 5.99. The fraction of sp³-hybridized carbons (Fsp3) is 0.364. The first kappa shape index (κ1) is 17.1. The van der Waals surface area contributed by atoms with E-state index >= 15 is 0 Å². The van der Waals surface area contributed by atoms with E-state index in [9.17, 15) is 9.59 Å². The lowest BCUT2D eigenvalue weighted by molar-refractivity contribution is 0.0994. The topological polar surface area (TPSA) is 76.9 Å². The number of benzene rings is 1. The van der Waals surface area contributed by atoms with E-state index in [0.717, 1.165) is 41.3 Å². The summed E-state index contributed by atoms with van der Waals surface area (Å²) in [4.78, 5) is 33.3. The number of nitrogens with one attached hydrogen (secondary N) is 1. The minimum absolute atomic E-state index is 0.0177. The lowest BCUT2D eigenvalue weighted by Gasteiger charge is -2.20. The number of Topliss-reactive ketones (excluding diaryl/α,β-unsaturated/α-hetero) is 1. The van der Waals surface area contributed by atoms with E-state index in [1.807, 2.05) is 22.9 Å². The molecule has 0 saturated heterocycles. The Kier molecular flexibility index (Phi) is 3.66. The zero-order chi connectivity index (χ0) is 19.5. The number of hydrogen-bond acceptors (Lipinski definition) is 5. The molecule has 6 nitrogen and oxygen atoms in total. The van der Waals surface area contributed by atoms with Gasteiger partial charge in [0.2, 0.25) is 0 Å². The molecule has 0 bridgehead atoms. The number of fused-ring (bicyclic) bond motifs is 2. The van der Waals surface area contributed by atoms with Crippen LogP contribution in [0.25, 0.3) is 10.9 Å². The average molecular weight is 374 g/mol. The molecule has 2 aliphatic rings. The first-order chi connectivity index (χ1) is 13.5. The molecule has 2 aliphatic carbocycles. The summed E-state index contributed by atoms with van der Waals surface area (Å²) < 4.78 is 1.81. The largest absolute Gasteiger partial charge is 0.363 e. The van der Waals surface area contributed by atoms with Gasteiger partial charge in [-0.3, -0.25) is 9.59 Å². The number of nitrogens with zero attached hydrogens (tertiary/aromatic N) is 3. The van der Waals surface area contributed by atoms with E-state index < -0.39 is 0 Å². The summed E-state index contributed by atoms with van der Waals surface area (Å²) in [7, 11) is 0. The van der Waals surface area contributed by atoms with Gasteiger partial charge in [-0.05, 0) is 44.2 Å². The summed E-state index contributed by atoms with van der Waals surface area (Å²) in [5.41, 5.74) is 3.62. The van der Waals surface area contributed by atoms with Crippen LogP contribution in [0.1, 0.15) is 60.6 Å². The second-order valence-electron chi connectivity index (χ2n) is 8.16. The monoisotopic (exact) mass is 374 g/mol. The van der Waals surface area contributed by atoms with Gasteiger partial charge in [0, 0.05) is 29.8 Å². The van der Waals surface area contributed by atoms with Gasteiger partial charge in [-0.2, -0.15) is 0 Å². The number of ketones is 1. The van der Waals surface area contributed by atoms with Crippen molar-refractivity contribution in [3.8, 4) is 0 Å². The van der Waals surface area contributed by atoms with E-state index in [2.05, 4.69) is 35.2 Å². The third kappa shape index (κ3) is 2.63. The third-order valence-electron chi connectivity index (χ3n) is 6.16. The standard InChI is InChI=1S/C22H22N4O2/c1-13(14-4-3-5-16-15(14)6-7-19(16)27)25-21-17-11-26(22(2)8-9-22)20(28)10-18(17)23-12-24-21/h3-5,10-13H,6-9H2,1-2H3,(H,23,24,25)/t13-/m1/s1. The van der Waals surface area contributed by atoms with Crippen molar-refractivity contribution in [1.82, 2.24) is 14.5 Å². The van der Waals surface area contributed by atoms with Crippen molar-refractivity contribution in [3.63, 3.8) is 0 Å². The summed E-state index contributed by atoms with van der Waals surface area (Å²) in [6, 6.07) is 7.50. The van der Waals surface area contributed by atoms with Gasteiger partial charge < -0.3 is 9.88 Å². The number of rotatable bonds is 4. The van der Waals surface area contributed by atoms with E-state index in [4.69, 9.17) is 0 Å². The Hall–Kier alpha value is -3.02. The van der Waals surface area contributed by atoms with Gasteiger partial charge in [-0.25, -0.2) is 9.97 Å². The average Bonchev–Trinajstić information content (AvgIpc) is 3.32. The van der Waals surface area contributed by atoms with Gasteiger partial charge in [0.1, 0.15) is 12.1 Å². The molecule has 5 rings (SSSR count). The van der Waals surface area contributed by atoms with Crippen molar-refractivity contribution in [2.75, 3.05) is 5.32 Å². The van der Waals surface area contributed by atoms with Crippen LogP contribution in [0.4, 0.5) is 5.82 Å². The van der Waals surface area contributed by atoms with Crippen molar-refractivity contribution in [1.29, 1.82) is 0 Å². The molecule has 6 heteroatoms. The molecule has 0 aliphatic heterocycles. The first-order valence-corrected chi connectivity index (χ1v) is 9.76. The number of aromatic nitrogens is 3. The Morgan fingerprint density at radius 3 is 2.79 bits per heavy atom. The van der Waals surface area contributed by atoms with Gasteiger partial charge in [-0.1, -0.05) is 18.2 Å². The van der Waals surface area contributed by atoms with E-state index in [1.165, 1.54) is 6.33 Å². The van der Waals surface area contributed by atoms with Crippen molar-refractivity contribution >= 4 is 22.5 Å². The van der Waals surface area contributed by atoms with Crippen LogP contribution in [0, 0.1) is 0 Å². The predicted octanol–water partition coefficient (Wildman–Crippen LogP) is 3.60. The van der Waals surface area contributed by atoms with Gasteiger partial charge in [0.25, 0.3) is 5.56 Å². The van der Waals surface area contributed by atoms with E-state index in [1.54, 1.807) is 6.07 Å². The number of anilines is 1. The van der Waals surface area contributed by atoms with Crippen molar-refractivity contribution in [2.45, 2.75) is 51.1 Å². The SMILES string of the molecule is C[C@@H](Nc1ncnc2cc(=O)n(C3(C)CC3)cc12)c1cccc2c1CCC2=O. The maximum absolute atomic E-state index is 12.5. The van der Waals surface area contributed by atoms with Crippen LogP contribution in [0.2, 0.25) is 0 Å². The van der Waals surface area contributed by atoms with Crippen LogP contribution in [-0.2, 0) is 12.0 Å². The molecule has 1 saturated carbocycles. The van der Waals surface area contributed by atoms with Gasteiger partial charge >= 0.3 is 0 Å². The van der Waals surface area contributed by atoms with E-state index in [-0.39, 0.29) is 22.9 Å². The summed E-state index contributed by atoms with van der Waals surface area (Å²) >= 11 is 0. The van der Waals surface area contributed by atoms with Crippen LogP contribution in [0.5, 0.6) is 0 Å². The lowest BCUT2D eigenvalue weighted by atomic mass is 9.98. The first-order valence-electron chi connectivity index (χ1n) is 9.76. The van der Waals surface area contributed by atoms with Crippen LogP contribution in [0.3, 0.4) is 0 Å². The molecule has 28 heavy (non-hydrogen) atoms. The molecular formula is C22H22N4O2. The van der Waals surface area contributed by atoms with Crippen LogP contribution in [-0.4, -0.2) is 20.3 Å². The molecule has 3 aromatic rings. The molecule has 1 atom stereocenters. The Bertz CT molecular complexity index is 1180. The molecule has 0 spiro atoms. The smallest absolute Gasteiger partial charge is 0.253 e. The normalized spacial score (nSPS) is 18.1. The zero-order valence-corrected chi connectivity index (χ0v) is 16.0. The molecule has 142 valence electrons. The van der Waals surface area contributed by atoms with Gasteiger partial charge in [-0.15, -0.1) is 0 Å². The summed E-state index contributed by atoms with van der Waals surface area (Å²) in [6.07, 6.45) is 6.77. The Balaban J connectivity index is 1.55. The maximum Gasteiger partial charge on any atom is 0.253 e. The highest BCUT2D eigenvalue weighted by Gasteiger charge is 2.40. The minimum Gasteiger partial charge on any atom is -0.363 e. The predicted molar refractivity (Wildman–Crippen MR) is 108 cm³/mol. The molecule has 0 amide bonds. The summed E-state index contributed by atoms with van der Waals surface area (Å²) in [5.74, 6) is 0.927. The molecular weight excluding hydrogens is 352 g/mol. The Morgan fingerprint density at radius 2 is 2.00 bits per heavy atom. The van der Waals surface area contributed by atoms with Gasteiger partial charge in [0.05, 0.1) is 16.9 Å². The molecule has 2 aromatic heterocycles. The highest BCUT2D eigenvalue weighted by Crippen LogP contribution is 2.42. The van der Waals surface area contributed by atoms with Crippen molar-refractivity contribution < 1.29 is 4.79 Å². The Morgan fingerprint density at radius 1 is 1.18 bits per heavy atom. The zero-order valence-electron chi connectivity index (χ0n) is 16.0. The van der Waals surface area contributed by atoms with Crippen molar-refractivity contribution in [3.05, 3.63) is 63.8 Å². The molecule has 0 radical (unpaired) electrons. The Labute approximate surface area is 162 Å². The van der Waals surface area contributed by atoms with Crippen molar-refractivity contribution in [2.24, 2.45) is 0 Å². The molecule has 1 aromatic carbocycles. The molecule has 1 N–H and O–H groups in total. The number of carbonyl (C=O) groups is 1. The molecule has 0 unspecified atom stereocenters. The van der Waals surface area contributed by atoms with E-state index in [0.29, 0.717) is 17.8 Å². The molecule has 1 fully saturated rings. The quantitative estimate of drug-likeness (QED) is 0.755. The second-order valence-corrected chi connectivity index (χ2v) is 8.16. The van der Waals surface area contributed by atoms with Crippen LogP contribution < -0.4 is 10.9 Å². The van der Waals surface area contributed by atoms with Crippen LogP contribution >= 0.6 is 0 Å². The summed E-state index contributed by atoms with van der Waals surface area (Å²) in [6.45, 7) is 4.18. The molecule has 2 heterocycles. The van der Waals surface area contributed by atoms with Gasteiger partial charge in [0.15, 0.2) is 5.78 Å². The number of pyridine rings is 1.